The van der Waals surface area contributed by atoms with E-state index in [4.69, 9.17) is 0 Å². The molecule has 0 aliphatic carbocycles. The van der Waals surface area contributed by atoms with E-state index in [1.807, 2.05) is 19.9 Å². The molecule has 1 aliphatic heterocycles. The molecule has 1 atom stereocenters. The summed E-state index contributed by atoms with van der Waals surface area (Å²) >= 11 is 0. The van der Waals surface area contributed by atoms with Crippen molar-refractivity contribution in [3.05, 3.63) is 17.5 Å². The molecule has 0 radical (unpaired) electrons. The quantitative estimate of drug-likeness (QED) is 0.887. The number of rotatable bonds is 4. The zero-order valence-corrected chi connectivity index (χ0v) is 11.9. The first-order chi connectivity index (χ1) is 8.54. The summed E-state index contributed by atoms with van der Waals surface area (Å²) in [5.41, 5.74) is 2.06. The van der Waals surface area contributed by atoms with E-state index in [0.29, 0.717) is 6.04 Å². The van der Waals surface area contributed by atoms with Crippen LogP contribution in [0.25, 0.3) is 0 Å². The van der Waals surface area contributed by atoms with Crippen molar-refractivity contribution in [2.24, 2.45) is 5.92 Å². The van der Waals surface area contributed by atoms with Crippen LogP contribution in [0.2, 0.25) is 0 Å². The first kappa shape index (κ1) is 13.3. The van der Waals surface area contributed by atoms with E-state index >= 15 is 0 Å². The lowest BCUT2D eigenvalue weighted by Gasteiger charge is -2.20. The minimum absolute atomic E-state index is 0.660. The van der Waals surface area contributed by atoms with Gasteiger partial charge in [0.05, 0.1) is 0 Å². The molecule has 1 unspecified atom stereocenters. The maximum absolute atomic E-state index is 4.41. The molecule has 0 aromatic carbocycles. The van der Waals surface area contributed by atoms with Gasteiger partial charge in [0.2, 0.25) is 5.95 Å². The molecule has 1 aliphatic rings. The van der Waals surface area contributed by atoms with Crippen LogP contribution in [0.15, 0.2) is 6.07 Å². The lowest BCUT2D eigenvalue weighted by atomic mass is 10.1. The van der Waals surface area contributed by atoms with Crippen LogP contribution in [0.1, 0.15) is 31.7 Å². The number of aryl methyl sites for hydroxylation is 2. The van der Waals surface area contributed by atoms with Gasteiger partial charge in [-0.15, -0.1) is 0 Å². The summed E-state index contributed by atoms with van der Waals surface area (Å²) in [5, 5.41) is 3.38. The van der Waals surface area contributed by atoms with Gasteiger partial charge in [0.1, 0.15) is 0 Å². The third-order valence-corrected chi connectivity index (χ3v) is 3.58. The number of anilines is 1. The molecule has 2 heterocycles. The molecule has 4 nitrogen and oxygen atoms in total. The number of nitrogens with zero attached hydrogens (tertiary/aromatic N) is 3. The first-order valence-electron chi connectivity index (χ1n) is 6.85. The second-order valence-electron chi connectivity index (χ2n) is 5.60. The van der Waals surface area contributed by atoms with Crippen LogP contribution in [0.5, 0.6) is 0 Å². The van der Waals surface area contributed by atoms with Crippen LogP contribution in [0.4, 0.5) is 5.95 Å². The summed E-state index contributed by atoms with van der Waals surface area (Å²) in [7, 11) is 0. The van der Waals surface area contributed by atoms with E-state index in [2.05, 4.69) is 34.0 Å². The van der Waals surface area contributed by atoms with Crippen LogP contribution in [0.3, 0.4) is 0 Å². The Morgan fingerprint density at radius 2 is 2.00 bits per heavy atom. The van der Waals surface area contributed by atoms with Crippen molar-refractivity contribution in [1.82, 2.24) is 14.9 Å². The van der Waals surface area contributed by atoms with Crippen molar-refractivity contribution >= 4 is 5.95 Å². The Morgan fingerprint density at radius 1 is 1.33 bits per heavy atom. The fourth-order valence-corrected chi connectivity index (χ4v) is 2.54. The van der Waals surface area contributed by atoms with Gasteiger partial charge in [0.15, 0.2) is 0 Å². The van der Waals surface area contributed by atoms with Gasteiger partial charge < -0.3 is 10.2 Å². The van der Waals surface area contributed by atoms with Gasteiger partial charge in [-0.25, -0.2) is 9.97 Å². The Bertz CT molecular complexity index is 383. The van der Waals surface area contributed by atoms with Gasteiger partial charge in [-0.2, -0.15) is 0 Å². The fourth-order valence-electron chi connectivity index (χ4n) is 2.54. The zero-order valence-electron chi connectivity index (χ0n) is 11.9. The summed E-state index contributed by atoms with van der Waals surface area (Å²) in [6, 6.07) is 2.66. The van der Waals surface area contributed by atoms with E-state index in [1.54, 1.807) is 0 Å². The van der Waals surface area contributed by atoms with Crippen molar-refractivity contribution in [3.8, 4) is 0 Å². The average molecular weight is 248 g/mol. The van der Waals surface area contributed by atoms with Gasteiger partial charge in [0, 0.05) is 30.5 Å². The topological polar surface area (TPSA) is 41.1 Å². The molecule has 1 N–H and O–H groups in total. The molecule has 100 valence electrons. The molecule has 0 saturated carbocycles. The third kappa shape index (κ3) is 3.42. The highest BCUT2D eigenvalue weighted by molar-refractivity contribution is 5.27. The van der Waals surface area contributed by atoms with Crippen LogP contribution < -0.4 is 5.32 Å². The predicted molar refractivity (Wildman–Crippen MR) is 74.8 cm³/mol. The van der Waals surface area contributed by atoms with E-state index in [1.165, 1.54) is 19.5 Å². The van der Waals surface area contributed by atoms with Gasteiger partial charge in [-0.1, -0.05) is 0 Å². The maximum atomic E-state index is 4.41. The normalized spacial score (nSPS) is 20.6. The van der Waals surface area contributed by atoms with E-state index < -0.39 is 0 Å². The highest BCUT2D eigenvalue weighted by Gasteiger charge is 2.23. The average Bonchev–Trinajstić information content (AvgIpc) is 2.73. The molecule has 0 amide bonds. The maximum Gasteiger partial charge on any atom is 0.223 e. The number of hydrogen-bond donors (Lipinski definition) is 1. The minimum Gasteiger partial charge on any atom is -0.354 e. The Morgan fingerprint density at radius 3 is 2.56 bits per heavy atom. The Hall–Kier alpha value is -1.16. The van der Waals surface area contributed by atoms with E-state index in [9.17, 15) is 0 Å². The SMILES string of the molecule is Cc1cc(C)nc(NCC2CCN(C(C)C)C2)n1. The molecular weight excluding hydrogens is 224 g/mol. The molecule has 1 saturated heterocycles. The van der Waals surface area contributed by atoms with Crippen molar-refractivity contribution in [2.75, 3.05) is 25.0 Å². The molecule has 0 bridgehead atoms. The molecule has 1 aromatic heterocycles. The summed E-state index contributed by atoms with van der Waals surface area (Å²) in [4.78, 5) is 11.4. The molecule has 2 rings (SSSR count). The molecular formula is C14H24N4. The molecule has 18 heavy (non-hydrogen) atoms. The van der Waals surface area contributed by atoms with Crippen LogP contribution >= 0.6 is 0 Å². The van der Waals surface area contributed by atoms with Crippen LogP contribution in [0, 0.1) is 19.8 Å². The van der Waals surface area contributed by atoms with E-state index in [-0.39, 0.29) is 0 Å². The first-order valence-corrected chi connectivity index (χ1v) is 6.85. The van der Waals surface area contributed by atoms with Crippen molar-refractivity contribution in [1.29, 1.82) is 0 Å². The molecule has 1 fully saturated rings. The number of aromatic nitrogens is 2. The molecule has 4 heteroatoms. The predicted octanol–water partition coefficient (Wildman–Crippen LogP) is 2.24. The standard InChI is InChI=1S/C14H24N4/c1-10(2)18-6-5-13(9-18)8-15-14-16-11(3)7-12(4)17-14/h7,10,13H,5-6,8-9H2,1-4H3,(H,15,16,17). The van der Waals surface area contributed by atoms with Crippen LogP contribution in [-0.2, 0) is 0 Å². The van der Waals surface area contributed by atoms with Crippen molar-refractivity contribution in [3.63, 3.8) is 0 Å². The number of likely N-dealkylation sites (tertiary alicyclic amines) is 1. The van der Waals surface area contributed by atoms with Gasteiger partial charge in [-0.3, -0.25) is 0 Å². The molecule has 0 spiro atoms. The van der Waals surface area contributed by atoms with E-state index in [0.717, 1.165) is 29.8 Å². The smallest absolute Gasteiger partial charge is 0.223 e. The summed E-state index contributed by atoms with van der Waals surface area (Å²) < 4.78 is 0. The zero-order chi connectivity index (χ0) is 13.1. The van der Waals surface area contributed by atoms with Crippen LogP contribution in [-0.4, -0.2) is 40.5 Å². The lowest BCUT2D eigenvalue weighted by molar-refractivity contribution is 0.266. The highest BCUT2D eigenvalue weighted by atomic mass is 15.2. The van der Waals surface area contributed by atoms with Crippen molar-refractivity contribution < 1.29 is 0 Å². The summed E-state index contributed by atoms with van der Waals surface area (Å²) in [5.74, 6) is 1.49. The third-order valence-electron chi connectivity index (χ3n) is 3.58. The van der Waals surface area contributed by atoms with Crippen molar-refractivity contribution in [2.45, 2.75) is 40.2 Å². The summed E-state index contributed by atoms with van der Waals surface area (Å²) in [6.45, 7) is 11.9. The fraction of sp³-hybridized carbons (Fsp3) is 0.714. The van der Waals surface area contributed by atoms with Gasteiger partial charge in [0.25, 0.3) is 0 Å². The number of nitrogens with one attached hydrogen (secondary N) is 1. The Balaban J connectivity index is 1.85. The second kappa shape index (κ2) is 5.65. The van der Waals surface area contributed by atoms with Gasteiger partial charge in [-0.05, 0) is 52.6 Å². The second-order valence-corrected chi connectivity index (χ2v) is 5.60. The largest absolute Gasteiger partial charge is 0.354 e. The monoisotopic (exact) mass is 248 g/mol. The minimum atomic E-state index is 0.660. The Kier molecular flexibility index (Phi) is 4.17. The Labute approximate surface area is 110 Å². The number of hydrogen-bond acceptors (Lipinski definition) is 4. The molecule has 1 aromatic rings. The lowest BCUT2D eigenvalue weighted by Crippen LogP contribution is -2.29. The highest BCUT2D eigenvalue weighted by Crippen LogP contribution is 2.18. The van der Waals surface area contributed by atoms with Gasteiger partial charge >= 0.3 is 0 Å². The summed E-state index contributed by atoms with van der Waals surface area (Å²) in [6.07, 6.45) is 1.27.